The molecule has 0 bridgehead atoms. The lowest BCUT2D eigenvalue weighted by Gasteiger charge is -2.24. The maximum absolute atomic E-state index is 13.1. The van der Waals surface area contributed by atoms with Crippen LogP contribution in [-0.2, 0) is 6.42 Å². The van der Waals surface area contributed by atoms with Gasteiger partial charge >= 0.3 is 0 Å². The van der Waals surface area contributed by atoms with E-state index in [9.17, 15) is 4.79 Å². The summed E-state index contributed by atoms with van der Waals surface area (Å²) in [6.45, 7) is 2.03. The van der Waals surface area contributed by atoms with Gasteiger partial charge in [-0.2, -0.15) is 10.2 Å². The topological polar surface area (TPSA) is 88.5 Å². The van der Waals surface area contributed by atoms with Crippen molar-refractivity contribution in [2.75, 3.05) is 0 Å². The monoisotopic (exact) mass is 398 g/mol. The van der Waals surface area contributed by atoms with Crippen LogP contribution < -0.4 is 5.32 Å². The zero-order valence-electron chi connectivity index (χ0n) is 16.7. The number of benzene rings is 1. The minimum atomic E-state index is -0.135. The molecule has 150 valence electrons. The van der Waals surface area contributed by atoms with Gasteiger partial charge in [-0.15, -0.1) is 0 Å². The molecule has 2 N–H and O–H groups in total. The Morgan fingerprint density at radius 2 is 2.13 bits per heavy atom. The van der Waals surface area contributed by atoms with Crippen molar-refractivity contribution in [3.05, 3.63) is 83.4 Å². The van der Waals surface area contributed by atoms with E-state index in [1.165, 1.54) is 0 Å². The van der Waals surface area contributed by atoms with Gasteiger partial charge in [-0.05, 0) is 44.4 Å². The number of fused-ring (bicyclic) bond motifs is 1. The highest BCUT2D eigenvalue weighted by Gasteiger charge is 2.27. The molecule has 1 aliphatic rings. The summed E-state index contributed by atoms with van der Waals surface area (Å²) in [6.07, 6.45) is 7.98. The van der Waals surface area contributed by atoms with Crippen molar-refractivity contribution >= 4 is 5.91 Å². The van der Waals surface area contributed by atoms with Gasteiger partial charge in [0.25, 0.3) is 5.91 Å². The highest BCUT2D eigenvalue weighted by atomic mass is 16.1. The molecule has 7 nitrogen and oxygen atoms in total. The fraction of sp³-hybridized carbons (Fsp3) is 0.217. The highest BCUT2D eigenvalue weighted by molar-refractivity contribution is 6.00. The normalized spacial score (nSPS) is 15.6. The highest BCUT2D eigenvalue weighted by Crippen LogP contribution is 2.31. The Morgan fingerprint density at radius 3 is 2.97 bits per heavy atom. The lowest BCUT2D eigenvalue weighted by Crippen LogP contribution is -2.31. The Labute approximate surface area is 174 Å². The first-order valence-electron chi connectivity index (χ1n) is 10.1. The zero-order chi connectivity index (χ0) is 20.5. The van der Waals surface area contributed by atoms with Crippen molar-refractivity contribution in [2.45, 2.75) is 32.2 Å². The Hall–Kier alpha value is -3.74. The van der Waals surface area contributed by atoms with E-state index in [0.29, 0.717) is 5.56 Å². The minimum absolute atomic E-state index is 0.0843. The van der Waals surface area contributed by atoms with Crippen LogP contribution in [0.15, 0.2) is 61.1 Å². The molecule has 0 spiro atoms. The summed E-state index contributed by atoms with van der Waals surface area (Å²) in [4.78, 5) is 17.5. The van der Waals surface area contributed by atoms with Crippen molar-refractivity contribution in [1.29, 1.82) is 0 Å². The van der Waals surface area contributed by atoms with E-state index < -0.39 is 0 Å². The Morgan fingerprint density at radius 1 is 1.20 bits per heavy atom. The van der Waals surface area contributed by atoms with Gasteiger partial charge in [-0.1, -0.05) is 29.8 Å². The summed E-state index contributed by atoms with van der Waals surface area (Å²) in [5, 5.41) is 14.8. The SMILES string of the molecule is Cc1cccc(-c2[nH]ncc2C(=O)N[C@@H]2CCCc3c2cnn3-c2ccccn2)c1. The maximum Gasteiger partial charge on any atom is 0.255 e. The van der Waals surface area contributed by atoms with Gasteiger partial charge in [-0.3, -0.25) is 9.89 Å². The van der Waals surface area contributed by atoms with E-state index in [1.807, 2.05) is 60.3 Å². The van der Waals surface area contributed by atoms with Crippen LogP contribution in [0.4, 0.5) is 0 Å². The second-order valence-corrected chi connectivity index (χ2v) is 7.59. The van der Waals surface area contributed by atoms with E-state index in [2.05, 4.69) is 25.6 Å². The number of H-pyrrole nitrogens is 1. The van der Waals surface area contributed by atoms with E-state index in [0.717, 1.165) is 53.2 Å². The van der Waals surface area contributed by atoms with Gasteiger partial charge in [0.1, 0.15) is 0 Å². The number of aromatic nitrogens is 5. The number of aromatic amines is 1. The standard InChI is InChI=1S/C23H22N6O/c1-15-6-4-7-16(12-15)22-18(13-25-28-22)23(30)27-19-8-5-9-20-17(19)14-26-29(20)21-10-2-3-11-24-21/h2-4,6-7,10-14,19H,5,8-9H2,1H3,(H,25,28)(H,27,30)/t19-/m1/s1. The molecule has 7 heteroatoms. The number of hydrogen-bond acceptors (Lipinski definition) is 4. The number of nitrogens with one attached hydrogen (secondary N) is 2. The number of hydrogen-bond donors (Lipinski definition) is 2. The molecule has 1 amide bonds. The van der Waals surface area contributed by atoms with Crippen molar-refractivity contribution < 1.29 is 4.79 Å². The molecule has 5 rings (SSSR count). The van der Waals surface area contributed by atoms with E-state index in [1.54, 1.807) is 12.4 Å². The van der Waals surface area contributed by atoms with Gasteiger partial charge in [-0.25, -0.2) is 9.67 Å². The van der Waals surface area contributed by atoms with Crippen LogP contribution in [0.1, 0.15) is 46.1 Å². The van der Waals surface area contributed by atoms with E-state index >= 15 is 0 Å². The van der Waals surface area contributed by atoms with Crippen LogP contribution in [0, 0.1) is 6.92 Å². The molecule has 1 aromatic carbocycles. The first-order valence-corrected chi connectivity index (χ1v) is 10.1. The van der Waals surface area contributed by atoms with Crippen molar-refractivity contribution in [2.24, 2.45) is 0 Å². The summed E-state index contributed by atoms with van der Waals surface area (Å²) in [7, 11) is 0. The molecule has 3 aromatic heterocycles. The lowest BCUT2D eigenvalue weighted by atomic mass is 9.92. The largest absolute Gasteiger partial charge is 0.345 e. The van der Waals surface area contributed by atoms with Gasteiger partial charge in [0.2, 0.25) is 0 Å². The molecule has 0 aliphatic heterocycles. The number of aryl methyl sites for hydroxylation is 1. The fourth-order valence-corrected chi connectivity index (χ4v) is 4.10. The molecule has 4 aromatic rings. The third-order valence-electron chi connectivity index (χ3n) is 5.55. The van der Waals surface area contributed by atoms with Gasteiger partial charge in [0.15, 0.2) is 5.82 Å². The number of pyridine rings is 1. The van der Waals surface area contributed by atoms with Crippen LogP contribution in [0.3, 0.4) is 0 Å². The Kier molecular flexibility index (Phi) is 4.63. The molecule has 3 heterocycles. The second-order valence-electron chi connectivity index (χ2n) is 7.59. The average molecular weight is 398 g/mol. The molecule has 0 radical (unpaired) electrons. The first kappa shape index (κ1) is 18.3. The fourth-order valence-electron chi connectivity index (χ4n) is 4.10. The molecule has 1 atom stereocenters. The second kappa shape index (κ2) is 7.59. The number of carbonyl (C=O) groups excluding carboxylic acids is 1. The van der Waals surface area contributed by atoms with Gasteiger partial charge in [0, 0.05) is 17.3 Å². The van der Waals surface area contributed by atoms with Crippen molar-refractivity contribution in [1.82, 2.24) is 30.3 Å². The van der Waals surface area contributed by atoms with Crippen LogP contribution >= 0.6 is 0 Å². The Bertz CT molecular complexity index is 1190. The molecule has 1 aliphatic carbocycles. The number of rotatable bonds is 4. The minimum Gasteiger partial charge on any atom is -0.345 e. The third-order valence-corrected chi connectivity index (χ3v) is 5.55. The number of carbonyl (C=O) groups is 1. The molecular weight excluding hydrogens is 376 g/mol. The van der Waals surface area contributed by atoms with Crippen LogP contribution in [0.25, 0.3) is 17.1 Å². The predicted octanol–water partition coefficient (Wildman–Crippen LogP) is 3.77. The average Bonchev–Trinajstić information content (AvgIpc) is 3.42. The molecule has 0 saturated heterocycles. The molecule has 0 saturated carbocycles. The summed E-state index contributed by atoms with van der Waals surface area (Å²) in [6, 6.07) is 13.7. The summed E-state index contributed by atoms with van der Waals surface area (Å²) in [5.41, 5.74) is 5.52. The zero-order valence-corrected chi connectivity index (χ0v) is 16.7. The van der Waals surface area contributed by atoms with E-state index in [-0.39, 0.29) is 11.9 Å². The summed E-state index contributed by atoms with van der Waals surface area (Å²) in [5.74, 6) is 0.658. The summed E-state index contributed by atoms with van der Waals surface area (Å²) < 4.78 is 1.88. The molecule has 0 fully saturated rings. The van der Waals surface area contributed by atoms with Crippen LogP contribution in [0.2, 0.25) is 0 Å². The predicted molar refractivity (Wildman–Crippen MR) is 113 cm³/mol. The van der Waals surface area contributed by atoms with Crippen molar-refractivity contribution in [3.63, 3.8) is 0 Å². The maximum atomic E-state index is 13.1. The quantitative estimate of drug-likeness (QED) is 0.548. The van der Waals surface area contributed by atoms with Gasteiger partial charge in [0.05, 0.1) is 35.4 Å². The molecule has 30 heavy (non-hydrogen) atoms. The smallest absolute Gasteiger partial charge is 0.255 e. The third kappa shape index (κ3) is 3.28. The number of nitrogens with zero attached hydrogens (tertiary/aromatic N) is 4. The Balaban J connectivity index is 1.42. The summed E-state index contributed by atoms with van der Waals surface area (Å²) >= 11 is 0. The number of amides is 1. The molecule has 0 unspecified atom stereocenters. The lowest BCUT2D eigenvalue weighted by molar-refractivity contribution is 0.0933. The van der Waals surface area contributed by atoms with Crippen LogP contribution in [-0.4, -0.2) is 30.9 Å². The van der Waals surface area contributed by atoms with Gasteiger partial charge < -0.3 is 5.32 Å². The van der Waals surface area contributed by atoms with E-state index in [4.69, 9.17) is 0 Å². The first-order chi connectivity index (χ1) is 14.7. The molecular formula is C23H22N6O. The van der Waals surface area contributed by atoms with Crippen LogP contribution in [0.5, 0.6) is 0 Å². The van der Waals surface area contributed by atoms with Crippen molar-refractivity contribution in [3.8, 4) is 17.1 Å².